The van der Waals surface area contributed by atoms with Crippen LogP contribution in [-0.4, -0.2) is 70.5 Å². The van der Waals surface area contributed by atoms with Crippen molar-refractivity contribution in [3.63, 3.8) is 0 Å². The van der Waals surface area contributed by atoms with Crippen LogP contribution in [0.1, 0.15) is 67.2 Å². The van der Waals surface area contributed by atoms with Gasteiger partial charge in [0, 0.05) is 46.7 Å². The topological polar surface area (TPSA) is 81.7 Å². The molecule has 0 aliphatic rings. The Morgan fingerprint density at radius 1 is 0.906 bits per heavy atom. The minimum atomic E-state index is -2.94. The molecule has 0 radical (unpaired) electrons. The van der Waals surface area contributed by atoms with E-state index in [9.17, 15) is 4.79 Å². The Hall–Kier alpha value is -0.856. The summed E-state index contributed by atoms with van der Waals surface area (Å²) >= 11 is 0. The van der Waals surface area contributed by atoms with E-state index in [1.165, 1.54) is 34.2 Å². The van der Waals surface area contributed by atoms with Crippen LogP contribution in [0, 0.1) is 0 Å². The predicted molar refractivity (Wildman–Crippen MR) is 131 cm³/mol. The molecule has 32 heavy (non-hydrogen) atoms. The molecule has 10 heteroatoms. The lowest BCUT2D eigenvalue weighted by molar-refractivity contribution is -0.143. The molecule has 1 atom stereocenters. The van der Waals surface area contributed by atoms with E-state index >= 15 is 0 Å². The van der Waals surface area contributed by atoms with Gasteiger partial charge in [-0.1, -0.05) is 39.3 Å². The first-order chi connectivity index (χ1) is 15.2. The molecule has 0 N–H and O–H groups in total. The molecule has 0 saturated carbocycles. The highest BCUT2D eigenvalue weighted by atomic mass is 28.4. The van der Waals surface area contributed by atoms with Crippen molar-refractivity contribution < 1.29 is 36.1 Å². The second-order valence-electron chi connectivity index (χ2n) is 6.75. The van der Waals surface area contributed by atoms with E-state index in [-0.39, 0.29) is 0 Å². The highest BCUT2D eigenvalue weighted by Crippen LogP contribution is 2.19. The van der Waals surface area contributed by atoms with Crippen LogP contribution in [0.4, 0.5) is 0 Å². The van der Waals surface area contributed by atoms with Gasteiger partial charge in [-0.05, 0) is 46.2 Å². The van der Waals surface area contributed by atoms with Crippen molar-refractivity contribution in [2.75, 3.05) is 41.2 Å². The number of ether oxygens (including phenoxy) is 1. The lowest BCUT2D eigenvalue weighted by Gasteiger charge is -2.31. The van der Waals surface area contributed by atoms with Crippen LogP contribution >= 0.6 is 0 Å². The van der Waals surface area contributed by atoms with Gasteiger partial charge in [-0.3, -0.25) is 0 Å². The minimum absolute atomic E-state index is 0.338. The summed E-state index contributed by atoms with van der Waals surface area (Å²) in [6.07, 6.45) is 6.16. The molecule has 0 aromatic rings. The molecule has 0 aliphatic carbocycles. The predicted octanol–water partition coefficient (Wildman–Crippen LogP) is 4.62. The SMILES string of the molecule is C=C(C)C(=O)OC(CC)[Si](OC)(OC)OC.CCCCC=C[Si](OCC)(OCC)OCC. The summed E-state index contributed by atoms with van der Waals surface area (Å²) in [5, 5.41) is 0. The summed E-state index contributed by atoms with van der Waals surface area (Å²) in [5.41, 5.74) is 1.85. The van der Waals surface area contributed by atoms with E-state index in [0.717, 1.165) is 6.42 Å². The summed E-state index contributed by atoms with van der Waals surface area (Å²) in [4.78, 5) is 11.4. The lowest BCUT2D eigenvalue weighted by Crippen LogP contribution is -2.56. The quantitative estimate of drug-likeness (QED) is 0.125. The molecular formula is C22H46O8Si2. The van der Waals surface area contributed by atoms with E-state index in [2.05, 4.69) is 19.6 Å². The first-order valence-corrected chi connectivity index (χ1v) is 14.9. The highest BCUT2D eigenvalue weighted by Gasteiger charge is 2.49. The monoisotopic (exact) mass is 494 g/mol. The summed E-state index contributed by atoms with van der Waals surface area (Å²) < 4.78 is 38.1. The molecular weight excluding hydrogens is 448 g/mol. The van der Waals surface area contributed by atoms with Crippen molar-refractivity contribution in [1.82, 2.24) is 0 Å². The number of allylic oxidation sites excluding steroid dienone is 1. The Morgan fingerprint density at radius 2 is 1.38 bits per heavy atom. The Balaban J connectivity index is 0. The molecule has 0 bridgehead atoms. The third kappa shape index (κ3) is 12.4. The van der Waals surface area contributed by atoms with Gasteiger partial charge in [-0.25, -0.2) is 4.79 Å². The summed E-state index contributed by atoms with van der Waals surface area (Å²) in [6.45, 7) is 17.0. The van der Waals surface area contributed by atoms with E-state index < -0.39 is 29.3 Å². The molecule has 0 saturated heterocycles. The fourth-order valence-electron chi connectivity index (χ4n) is 2.70. The van der Waals surface area contributed by atoms with Crippen LogP contribution in [0.3, 0.4) is 0 Å². The minimum Gasteiger partial charge on any atom is -0.454 e. The lowest BCUT2D eigenvalue weighted by atomic mass is 10.2. The standard InChI is InChI=1S/C12H26O3Si.C10H20O5Si/c1-5-9-10-11-12-16(13-6-2,14-7-3)15-8-4;1-7-9(15-10(11)8(2)3)16(12-4,13-5)14-6/h11-12H,5-10H2,1-4H3;9H,2,7H2,1,3-6H3. The van der Waals surface area contributed by atoms with Gasteiger partial charge in [0.25, 0.3) is 0 Å². The van der Waals surface area contributed by atoms with Crippen molar-refractivity contribution in [3.8, 4) is 0 Å². The fraction of sp³-hybridized carbons (Fsp3) is 0.773. The Bertz CT molecular complexity index is 499. The second kappa shape index (κ2) is 19.6. The van der Waals surface area contributed by atoms with Crippen LogP contribution in [0.5, 0.6) is 0 Å². The van der Waals surface area contributed by atoms with E-state index in [0.29, 0.717) is 31.8 Å². The molecule has 0 fully saturated rings. The van der Waals surface area contributed by atoms with E-state index in [1.54, 1.807) is 6.92 Å². The van der Waals surface area contributed by atoms with Crippen molar-refractivity contribution in [3.05, 3.63) is 23.9 Å². The van der Waals surface area contributed by atoms with Gasteiger partial charge >= 0.3 is 23.6 Å². The molecule has 0 aliphatic heterocycles. The van der Waals surface area contributed by atoms with Crippen LogP contribution in [-0.2, 0) is 36.1 Å². The molecule has 190 valence electrons. The van der Waals surface area contributed by atoms with Gasteiger partial charge in [0.1, 0.15) is 0 Å². The zero-order chi connectivity index (χ0) is 25.0. The summed E-state index contributed by atoms with van der Waals surface area (Å²) in [7, 11) is -1.02. The maximum atomic E-state index is 11.4. The molecule has 0 spiro atoms. The number of carbonyl (C=O) groups excluding carboxylic acids is 1. The average Bonchev–Trinajstić information content (AvgIpc) is 2.78. The number of rotatable bonds is 17. The molecule has 0 heterocycles. The van der Waals surface area contributed by atoms with E-state index in [1.807, 2.05) is 33.4 Å². The molecule has 1 unspecified atom stereocenters. The Kier molecular flexibility index (Phi) is 20.4. The van der Waals surface area contributed by atoms with Gasteiger partial charge in [0.05, 0.1) is 0 Å². The summed E-state index contributed by atoms with van der Waals surface area (Å²) in [5.74, 6) is -0.463. The van der Waals surface area contributed by atoms with Crippen molar-refractivity contribution in [2.24, 2.45) is 0 Å². The van der Waals surface area contributed by atoms with E-state index in [4.69, 9.17) is 31.3 Å². The van der Waals surface area contributed by atoms with Crippen LogP contribution in [0.15, 0.2) is 23.9 Å². The van der Waals surface area contributed by atoms with Crippen molar-refractivity contribution in [1.29, 1.82) is 0 Å². The number of esters is 1. The van der Waals surface area contributed by atoms with Crippen molar-refractivity contribution >= 4 is 23.6 Å². The zero-order valence-corrected chi connectivity index (χ0v) is 23.7. The number of carbonyl (C=O) groups is 1. The van der Waals surface area contributed by atoms with Crippen LogP contribution in [0.2, 0.25) is 0 Å². The Labute approximate surface area is 197 Å². The normalized spacial score (nSPS) is 12.9. The van der Waals surface area contributed by atoms with Crippen LogP contribution < -0.4 is 0 Å². The van der Waals surface area contributed by atoms with Crippen molar-refractivity contribution in [2.45, 2.75) is 73.0 Å². The number of hydrogen-bond donors (Lipinski definition) is 0. The maximum Gasteiger partial charge on any atom is 0.543 e. The first kappa shape index (κ1) is 33.3. The molecule has 8 nitrogen and oxygen atoms in total. The van der Waals surface area contributed by atoms with Gasteiger partial charge in [-0.15, -0.1) is 0 Å². The molecule has 0 rings (SSSR count). The van der Waals surface area contributed by atoms with Gasteiger partial charge in [0.2, 0.25) is 0 Å². The largest absolute Gasteiger partial charge is 0.543 e. The zero-order valence-electron chi connectivity index (χ0n) is 21.7. The third-order valence-electron chi connectivity index (χ3n) is 4.30. The average molecular weight is 495 g/mol. The van der Waals surface area contributed by atoms with Gasteiger partial charge in [-0.2, -0.15) is 0 Å². The smallest absolute Gasteiger partial charge is 0.454 e. The second-order valence-corrected chi connectivity index (χ2v) is 12.2. The highest BCUT2D eigenvalue weighted by molar-refractivity contribution is 6.66. The molecule has 0 aromatic carbocycles. The Morgan fingerprint density at radius 3 is 1.69 bits per heavy atom. The number of hydrogen-bond acceptors (Lipinski definition) is 8. The van der Waals surface area contributed by atoms with Crippen LogP contribution in [0.25, 0.3) is 0 Å². The van der Waals surface area contributed by atoms with Gasteiger partial charge in [0.15, 0.2) is 5.73 Å². The van der Waals surface area contributed by atoms with Gasteiger partial charge < -0.3 is 31.3 Å². The first-order valence-electron chi connectivity index (χ1n) is 11.3. The summed E-state index contributed by atoms with van der Waals surface area (Å²) in [6, 6.07) is 0. The number of unbranched alkanes of at least 4 members (excludes halogenated alkanes) is 2. The fourth-order valence-corrected chi connectivity index (χ4v) is 6.94. The third-order valence-corrected chi connectivity index (χ3v) is 10.0. The molecule has 0 amide bonds. The molecule has 0 aromatic heterocycles. The maximum absolute atomic E-state index is 11.4.